The fourth-order valence-electron chi connectivity index (χ4n) is 5.11. The van der Waals surface area contributed by atoms with Gasteiger partial charge in [-0.3, -0.25) is 4.98 Å². The van der Waals surface area contributed by atoms with Gasteiger partial charge in [0, 0.05) is 37.0 Å². The summed E-state index contributed by atoms with van der Waals surface area (Å²) in [6.45, 7) is 0.134. The van der Waals surface area contributed by atoms with Gasteiger partial charge in [0.25, 0.3) is 0 Å². The molecule has 0 saturated carbocycles. The molecule has 1 aromatic heterocycles. The molecule has 11 heteroatoms. The molecule has 1 spiro atoms. The quantitative estimate of drug-likeness (QED) is 0.411. The van der Waals surface area contributed by atoms with Crippen LogP contribution in [0.15, 0.2) is 65.7 Å². The Bertz CT molecular complexity index is 1600. The number of piperidine rings is 1. The first-order chi connectivity index (χ1) is 17.3. The summed E-state index contributed by atoms with van der Waals surface area (Å²) in [7, 11) is -4.08. The number of hydrogen-bond donors (Lipinski definition) is 0. The number of sulfonamides is 1. The highest BCUT2D eigenvalue weighted by molar-refractivity contribution is 7.89. The normalized spacial score (nSPS) is 23.2. The Balaban J connectivity index is 1.31. The predicted molar refractivity (Wildman–Crippen MR) is 128 cm³/mol. The van der Waals surface area contributed by atoms with Gasteiger partial charge in [-0.25, -0.2) is 26.6 Å². The second-order valence-electron chi connectivity index (χ2n) is 8.89. The lowest BCUT2D eigenvalue weighted by atomic mass is 9.98. The van der Waals surface area contributed by atoms with Gasteiger partial charge >= 0.3 is 0 Å². The fourth-order valence-corrected chi connectivity index (χ4v) is 7.04. The Morgan fingerprint density at radius 2 is 1.75 bits per heavy atom. The minimum atomic E-state index is -4.08. The van der Waals surface area contributed by atoms with Gasteiger partial charge in [-0.2, -0.15) is 4.31 Å². The molecule has 3 heterocycles. The zero-order chi connectivity index (χ0) is 25.1. The highest BCUT2D eigenvalue weighted by Crippen LogP contribution is 2.41. The van der Waals surface area contributed by atoms with Gasteiger partial charge in [0.1, 0.15) is 5.82 Å². The fraction of sp³-hybridized carbons (Fsp3) is 0.280. The third-order valence-electron chi connectivity index (χ3n) is 6.89. The van der Waals surface area contributed by atoms with Crippen LogP contribution < -0.4 is 4.90 Å². The minimum Gasteiger partial charge on any atom is -0.355 e. The zero-order valence-electron chi connectivity index (χ0n) is 18.9. The molecule has 2 aliphatic rings. The van der Waals surface area contributed by atoms with Crippen molar-refractivity contribution < 1.29 is 26.3 Å². The molecule has 4 aromatic rings. The van der Waals surface area contributed by atoms with Crippen LogP contribution in [-0.4, -0.2) is 60.8 Å². The number of benzene rings is 3. The van der Waals surface area contributed by atoms with E-state index in [1.807, 2.05) is 18.2 Å². The lowest BCUT2D eigenvalue weighted by Gasteiger charge is -2.45. The summed E-state index contributed by atoms with van der Waals surface area (Å²) in [5, 5.41) is 1.33. The summed E-state index contributed by atoms with van der Waals surface area (Å²) in [6.07, 6.45) is -0.277. The van der Waals surface area contributed by atoms with Crippen LogP contribution in [0.1, 0.15) is 6.42 Å². The van der Waals surface area contributed by atoms with E-state index in [0.717, 1.165) is 21.8 Å². The summed E-state index contributed by atoms with van der Waals surface area (Å²) < 4.78 is 77.6. The maximum absolute atomic E-state index is 15.9. The van der Waals surface area contributed by atoms with Gasteiger partial charge in [-0.15, -0.1) is 0 Å². The SMILES string of the molecule is O=S(=O)(c1cccc2ccccc12)N1CCO[C@]12CCN(c1cnc3cc(F)c(F)cc3n1)C[C@@H]2F. The Labute approximate surface area is 205 Å². The van der Waals surface area contributed by atoms with Crippen molar-refractivity contribution in [2.24, 2.45) is 0 Å². The van der Waals surface area contributed by atoms with E-state index in [1.165, 1.54) is 12.3 Å². The van der Waals surface area contributed by atoms with Crippen molar-refractivity contribution >= 4 is 37.6 Å². The maximum Gasteiger partial charge on any atom is 0.246 e. The van der Waals surface area contributed by atoms with Crippen LogP contribution in [0, 0.1) is 11.6 Å². The summed E-state index contributed by atoms with van der Waals surface area (Å²) >= 11 is 0. The molecule has 0 amide bonds. The second kappa shape index (κ2) is 8.39. The van der Waals surface area contributed by atoms with Gasteiger partial charge in [0.05, 0.1) is 35.3 Å². The standard InChI is InChI=1S/C25H21F3N4O3S/c26-18-12-20-21(13-19(18)27)30-24(14-29-20)31-9-8-25(23(28)15-31)32(10-11-35-25)36(33,34)22-7-3-5-16-4-1-2-6-17(16)22/h1-7,12-14,23H,8-11,15H2/t23-,25-/m0/s1. The van der Waals surface area contributed by atoms with Crippen molar-refractivity contribution in [3.8, 4) is 0 Å². The summed E-state index contributed by atoms with van der Waals surface area (Å²) in [5.74, 6) is -1.80. The molecule has 36 heavy (non-hydrogen) atoms. The average Bonchev–Trinajstić information content (AvgIpc) is 3.31. The number of anilines is 1. The number of nitrogens with zero attached hydrogens (tertiary/aromatic N) is 4. The molecular formula is C25H21F3N4O3S. The van der Waals surface area contributed by atoms with E-state index >= 15 is 4.39 Å². The third kappa shape index (κ3) is 3.53. The lowest BCUT2D eigenvalue weighted by molar-refractivity contribution is -0.116. The first-order valence-electron chi connectivity index (χ1n) is 11.4. The van der Waals surface area contributed by atoms with E-state index in [-0.39, 0.29) is 54.4 Å². The molecule has 2 saturated heterocycles. The number of hydrogen-bond acceptors (Lipinski definition) is 6. The average molecular weight is 515 g/mol. The minimum absolute atomic E-state index is 0.0343. The second-order valence-corrected chi connectivity index (χ2v) is 10.7. The van der Waals surface area contributed by atoms with Gasteiger partial charge < -0.3 is 9.64 Å². The molecule has 2 fully saturated rings. The van der Waals surface area contributed by atoms with Gasteiger partial charge in [0.2, 0.25) is 10.0 Å². The third-order valence-corrected chi connectivity index (χ3v) is 8.88. The van der Waals surface area contributed by atoms with Gasteiger partial charge in [-0.05, 0) is 11.5 Å². The van der Waals surface area contributed by atoms with Crippen molar-refractivity contribution in [3.05, 3.63) is 72.4 Å². The number of halogens is 3. The first kappa shape index (κ1) is 23.1. The number of fused-ring (bicyclic) bond motifs is 2. The highest BCUT2D eigenvalue weighted by Gasteiger charge is 2.57. The van der Waals surface area contributed by atoms with E-state index in [9.17, 15) is 17.2 Å². The summed E-state index contributed by atoms with van der Waals surface area (Å²) in [5.41, 5.74) is -1.33. The van der Waals surface area contributed by atoms with Crippen LogP contribution in [0.5, 0.6) is 0 Å². The van der Waals surface area contributed by atoms with Crippen molar-refractivity contribution in [2.75, 3.05) is 31.1 Å². The Morgan fingerprint density at radius 1 is 1.00 bits per heavy atom. The van der Waals surface area contributed by atoms with Crippen molar-refractivity contribution in [1.82, 2.24) is 14.3 Å². The van der Waals surface area contributed by atoms with Crippen LogP contribution in [-0.2, 0) is 14.8 Å². The maximum atomic E-state index is 15.9. The van der Waals surface area contributed by atoms with Gasteiger partial charge in [0.15, 0.2) is 23.5 Å². The number of ether oxygens (including phenoxy) is 1. The zero-order valence-corrected chi connectivity index (χ0v) is 19.8. The summed E-state index contributed by atoms with van der Waals surface area (Å²) in [6, 6.07) is 14.1. The van der Waals surface area contributed by atoms with Crippen molar-refractivity contribution in [1.29, 1.82) is 0 Å². The number of rotatable bonds is 3. The molecule has 0 bridgehead atoms. The molecule has 0 aliphatic carbocycles. The van der Waals surface area contributed by atoms with Crippen molar-refractivity contribution in [3.63, 3.8) is 0 Å². The monoisotopic (exact) mass is 514 g/mol. The first-order valence-corrected chi connectivity index (χ1v) is 12.9. The van der Waals surface area contributed by atoms with Crippen LogP contribution in [0.4, 0.5) is 19.0 Å². The van der Waals surface area contributed by atoms with E-state index in [2.05, 4.69) is 9.97 Å². The Morgan fingerprint density at radius 3 is 2.56 bits per heavy atom. The largest absolute Gasteiger partial charge is 0.355 e. The van der Waals surface area contributed by atoms with Crippen LogP contribution >= 0.6 is 0 Å². The highest BCUT2D eigenvalue weighted by atomic mass is 32.2. The van der Waals surface area contributed by atoms with Crippen LogP contribution in [0.25, 0.3) is 21.8 Å². The lowest BCUT2D eigenvalue weighted by Crippen LogP contribution is -2.62. The molecule has 2 aliphatic heterocycles. The van der Waals surface area contributed by atoms with E-state index < -0.39 is 33.6 Å². The van der Waals surface area contributed by atoms with Crippen molar-refractivity contribution in [2.45, 2.75) is 23.2 Å². The number of aromatic nitrogens is 2. The predicted octanol–water partition coefficient (Wildman–Crippen LogP) is 4.03. The Hall–Kier alpha value is -3.28. The Kier molecular flexibility index (Phi) is 5.39. The van der Waals surface area contributed by atoms with Crippen LogP contribution in [0.3, 0.4) is 0 Å². The van der Waals surface area contributed by atoms with E-state index in [4.69, 9.17) is 4.74 Å². The topological polar surface area (TPSA) is 75.6 Å². The molecule has 2 atom stereocenters. The molecule has 0 N–H and O–H groups in total. The number of alkyl halides is 1. The molecule has 186 valence electrons. The smallest absolute Gasteiger partial charge is 0.246 e. The summed E-state index contributed by atoms with van der Waals surface area (Å²) in [4.78, 5) is 10.2. The molecule has 0 unspecified atom stereocenters. The van der Waals surface area contributed by atoms with Crippen LogP contribution in [0.2, 0.25) is 0 Å². The molecule has 6 rings (SSSR count). The molecule has 7 nitrogen and oxygen atoms in total. The van der Waals surface area contributed by atoms with Gasteiger partial charge in [-0.1, -0.05) is 36.4 Å². The molecular weight excluding hydrogens is 493 g/mol. The van der Waals surface area contributed by atoms with E-state index in [0.29, 0.717) is 5.39 Å². The van der Waals surface area contributed by atoms with E-state index in [1.54, 1.807) is 23.1 Å². The molecule has 0 radical (unpaired) electrons. The molecule has 3 aromatic carbocycles.